The number of hydrogen-bond donors (Lipinski definition) is 1. The molecule has 3 nitrogen and oxygen atoms in total. The summed E-state index contributed by atoms with van der Waals surface area (Å²) in [6, 6.07) is 32.2. The van der Waals surface area contributed by atoms with Crippen LogP contribution in [0.4, 0.5) is 0 Å². The summed E-state index contributed by atoms with van der Waals surface area (Å²) in [7, 11) is 0. The molecule has 0 saturated heterocycles. The van der Waals surface area contributed by atoms with E-state index in [1.165, 1.54) is 12.1 Å². The zero-order valence-electron chi connectivity index (χ0n) is 16.1. The van der Waals surface area contributed by atoms with Crippen molar-refractivity contribution in [3.63, 3.8) is 0 Å². The smallest absolute Gasteiger partial charge is 0.160 e. The van der Waals surface area contributed by atoms with Crippen molar-refractivity contribution in [3.05, 3.63) is 131 Å². The van der Waals surface area contributed by atoms with Gasteiger partial charge in [-0.2, -0.15) is 12.1 Å². The predicted octanol–water partition coefficient (Wildman–Crippen LogP) is 5.66. The average Bonchev–Trinajstić information content (AvgIpc) is 3.49. The number of aromatic hydroxyl groups is 1. The first-order valence-corrected chi connectivity index (χ1v) is 9.19. The molecular formula is C26H20FeO3-6. The predicted molar refractivity (Wildman–Crippen MR) is 115 cm³/mol. The molecule has 0 aliphatic heterocycles. The molecule has 4 rings (SSSR count). The second-order valence-corrected chi connectivity index (χ2v) is 6.28. The molecule has 0 fully saturated rings. The second kappa shape index (κ2) is 11.5. The van der Waals surface area contributed by atoms with Crippen LogP contribution in [0.3, 0.4) is 0 Å². The van der Waals surface area contributed by atoms with Crippen molar-refractivity contribution in [3.8, 4) is 5.75 Å². The Kier molecular flexibility index (Phi) is 8.76. The number of rotatable bonds is 5. The molecule has 4 aromatic carbocycles. The van der Waals surface area contributed by atoms with Gasteiger partial charge < -0.3 is 35.4 Å². The van der Waals surface area contributed by atoms with E-state index in [0.717, 1.165) is 5.56 Å². The number of benzene rings is 2. The summed E-state index contributed by atoms with van der Waals surface area (Å²) in [6.07, 6.45) is 1.56. The molecule has 0 spiro atoms. The maximum Gasteiger partial charge on any atom is 0.160 e. The van der Waals surface area contributed by atoms with Crippen LogP contribution in [0, 0.1) is 0 Å². The normalized spacial score (nSPS) is 10.3. The number of allylic oxidation sites excluding steroid dienone is 1. The van der Waals surface area contributed by atoms with Gasteiger partial charge in [0.1, 0.15) is 5.75 Å². The molecule has 0 saturated carbocycles. The van der Waals surface area contributed by atoms with E-state index in [1.807, 2.05) is 60.7 Å². The first-order valence-electron chi connectivity index (χ1n) is 9.19. The summed E-state index contributed by atoms with van der Waals surface area (Å²) in [5, 5.41) is 9.95. The molecular weight excluding hydrogens is 416 g/mol. The van der Waals surface area contributed by atoms with Gasteiger partial charge in [0.15, 0.2) is 11.6 Å². The minimum Gasteiger partial charge on any atom is -0.748 e. The molecule has 0 unspecified atom stereocenters. The van der Waals surface area contributed by atoms with Crippen molar-refractivity contribution in [2.75, 3.05) is 0 Å². The van der Waals surface area contributed by atoms with Crippen LogP contribution in [0.5, 0.6) is 5.75 Å². The Balaban J connectivity index is 0.000000468. The number of phenolic OH excluding ortho intramolecular Hbond substituents is 1. The molecule has 156 valence electrons. The summed E-state index contributed by atoms with van der Waals surface area (Å²) in [4.78, 5) is 25.7. The van der Waals surface area contributed by atoms with Crippen LogP contribution in [-0.4, -0.2) is 16.7 Å². The summed E-state index contributed by atoms with van der Waals surface area (Å²) in [5.41, 5.74) is 1.32. The Morgan fingerprint density at radius 2 is 1.27 bits per heavy atom. The van der Waals surface area contributed by atoms with Gasteiger partial charge in [0.2, 0.25) is 0 Å². The van der Waals surface area contributed by atoms with Gasteiger partial charge >= 0.3 is 0 Å². The van der Waals surface area contributed by atoms with Crippen molar-refractivity contribution in [2.45, 2.75) is 0 Å². The fourth-order valence-electron chi connectivity index (χ4n) is 2.76. The SMILES string of the molecule is O=C(C(=C[c-]1cccc1)C(=O)c1ccccc1O)c1ccccc1.[Fe].[cH-]1[cH-][cH-][cH-][cH-]1. The van der Waals surface area contributed by atoms with Gasteiger partial charge in [-0.05, 0) is 17.7 Å². The first kappa shape index (κ1) is 22.8. The van der Waals surface area contributed by atoms with Gasteiger partial charge in [-0.25, -0.2) is 0 Å². The van der Waals surface area contributed by atoms with Gasteiger partial charge in [-0.15, -0.1) is 23.8 Å². The van der Waals surface area contributed by atoms with E-state index in [2.05, 4.69) is 0 Å². The van der Waals surface area contributed by atoms with Crippen LogP contribution in [-0.2, 0) is 17.1 Å². The average molecular weight is 436 g/mol. The maximum atomic E-state index is 12.9. The van der Waals surface area contributed by atoms with E-state index in [1.54, 1.807) is 42.5 Å². The third-order valence-electron chi connectivity index (χ3n) is 4.23. The molecule has 4 aromatic rings. The third kappa shape index (κ3) is 6.02. The fourth-order valence-corrected chi connectivity index (χ4v) is 2.76. The number of hydrogen-bond acceptors (Lipinski definition) is 3. The molecule has 1 N–H and O–H groups in total. The zero-order chi connectivity index (χ0) is 20.5. The molecule has 4 heteroatoms. The van der Waals surface area contributed by atoms with Crippen molar-refractivity contribution in [1.29, 1.82) is 0 Å². The molecule has 0 radical (unpaired) electrons. The van der Waals surface area contributed by atoms with Crippen molar-refractivity contribution in [2.24, 2.45) is 0 Å². The van der Waals surface area contributed by atoms with Gasteiger partial charge in [0, 0.05) is 22.6 Å². The van der Waals surface area contributed by atoms with E-state index in [9.17, 15) is 14.7 Å². The molecule has 0 heterocycles. The number of carbonyl (C=O) groups is 2. The Hall–Kier alpha value is -3.46. The minimum absolute atomic E-state index is 0. The topological polar surface area (TPSA) is 54.4 Å². The molecule has 30 heavy (non-hydrogen) atoms. The zero-order valence-corrected chi connectivity index (χ0v) is 17.2. The molecule has 0 aromatic heterocycles. The van der Waals surface area contributed by atoms with Crippen LogP contribution in [0.25, 0.3) is 6.08 Å². The Morgan fingerprint density at radius 3 is 1.83 bits per heavy atom. The van der Waals surface area contributed by atoms with Crippen LogP contribution in [0.2, 0.25) is 0 Å². The van der Waals surface area contributed by atoms with E-state index < -0.39 is 5.78 Å². The van der Waals surface area contributed by atoms with Crippen LogP contribution < -0.4 is 0 Å². The number of Topliss-reactive ketones (excluding diaryl/α,β-unsaturated/α-hetero) is 2. The Bertz CT molecular complexity index is 1060. The summed E-state index contributed by atoms with van der Waals surface area (Å²) >= 11 is 0. The van der Waals surface area contributed by atoms with E-state index in [4.69, 9.17) is 0 Å². The van der Waals surface area contributed by atoms with Gasteiger partial charge in [-0.1, -0.05) is 42.5 Å². The monoisotopic (exact) mass is 436 g/mol. The molecule has 0 amide bonds. The second-order valence-electron chi connectivity index (χ2n) is 6.28. The molecule has 0 bridgehead atoms. The fraction of sp³-hybridized carbons (Fsp3) is 0. The maximum absolute atomic E-state index is 12.9. The third-order valence-corrected chi connectivity index (χ3v) is 4.23. The molecule has 0 atom stereocenters. The molecule has 0 aliphatic carbocycles. The minimum atomic E-state index is -0.497. The van der Waals surface area contributed by atoms with E-state index >= 15 is 0 Å². The van der Waals surface area contributed by atoms with Crippen molar-refractivity contribution in [1.82, 2.24) is 0 Å². The van der Waals surface area contributed by atoms with Crippen LogP contribution in [0.1, 0.15) is 26.3 Å². The van der Waals surface area contributed by atoms with Gasteiger partial charge in [-0.3, -0.25) is 9.59 Å². The number of phenols is 1. The summed E-state index contributed by atoms with van der Waals surface area (Å²) < 4.78 is 0. The van der Waals surface area contributed by atoms with Crippen molar-refractivity contribution < 1.29 is 31.8 Å². The van der Waals surface area contributed by atoms with E-state index in [0.29, 0.717) is 5.56 Å². The quantitative estimate of drug-likeness (QED) is 0.110. The first-order chi connectivity index (χ1) is 14.2. The standard InChI is InChI=1S/C21H15O3.C5H5.Fe/c22-19-13-7-6-12-17(19)21(24)18(14-15-8-4-5-9-15)20(23)16-10-2-1-3-11-16;1-2-4-5-3-1;/h1-14,22H;1-5H;/q-1;-5;. The number of carbonyl (C=O) groups excluding carboxylic acids is 2. The van der Waals surface area contributed by atoms with Gasteiger partial charge in [0.25, 0.3) is 0 Å². The Labute approximate surface area is 186 Å². The number of ketones is 2. The largest absolute Gasteiger partial charge is 0.748 e. The van der Waals surface area contributed by atoms with Crippen molar-refractivity contribution >= 4 is 17.6 Å². The van der Waals surface area contributed by atoms with Gasteiger partial charge in [0.05, 0.1) is 5.56 Å². The van der Waals surface area contributed by atoms with Crippen LogP contribution >= 0.6 is 0 Å². The molecule has 0 aliphatic rings. The number of para-hydroxylation sites is 1. The van der Waals surface area contributed by atoms with Crippen LogP contribution in [0.15, 0.2) is 115 Å². The summed E-state index contributed by atoms with van der Waals surface area (Å²) in [5.74, 6) is -1.01. The van der Waals surface area contributed by atoms with E-state index in [-0.39, 0.29) is 39.7 Å². The Morgan fingerprint density at radius 1 is 0.733 bits per heavy atom. The summed E-state index contributed by atoms with van der Waals surface area (Å²) in [6.45, 7) is 0.